The van der Waals surface area contributed by atoms with Crippen LogP contribution in [0.5, 0.6) is 0 Å². The molecule has 0 radical (unpaired) electrons. The largest absolute Gasteiger partial charge is 0.375 e. The van der Waals surface area contributed by atoms with Gasteiger partial charge in [-0.25, -0.2) is 4.98 Å². The number of hydrogen-bond acceptors (Lipinski definition) is 7. The number of nitrogens with zero attached hydrogens (tertiary/aromatic N) is 4. The first-order valence-corrected chi connectivity index (χ1v) is 7.76. The first kappa shape index (κ1) is 12.9. The van der Waals surface area contributed by atoms with Crippen molar-refractivity contribution in [1.82, 2.24) is 20.0 Å². The van der Waals surface area contributed by atoms with Crippen molar-refractivity contribution in [3.63, 3.8) is 0 Å². The van der Waals surface area contributed by atoms with Crippen LogP contribution >= 0.6 is 11.3 Å². The molecule has 0 unspecified atom stereocenters. The molecule has 0 N–H and O–H groups in total. The molecule has 2 aromatic heterocycles. The molecule has 0 aromatic carbocycles. The van der Waals surface area contributed by atoms with E-state index in [1.807, 2.05) is 0 Å². The number of likely N-dealkylation sites (tertiary alicyclic amines) is 1. The van der Waals surface area contributed by atoms with Gasteiger partial charge in [0, 0.05) is 24.4 Å². The number of aryl methyl sites for hydroxylation is 1. The molecule has 2 aliphatic heterocycles. The van der Waals surface area contributed by atoms with Crippen LogP contribution in [0.2, 0.25) is 0 Å². The molecule has 4 rings (SSSR count). The molecule has 2 fully saturated rings. The predicted molar refractivity (Wildman–Crippen MR) is 73.0 cm³/mol. The highest BCUT2D eigenvalue weighted by molar-refractivity contribution is 7.07. The molecule has 8 heteroatoms. The lowest BCUT2D eigenvalue weighted by Crippen LogP contribution is -2.31. The Labute approximate surface area is 124 Å². The van der Waals surface area contributed by atoms with Gasteiger partial charge in [-0.15, -0.1) is 11.3 Å². The summed E-state index contributed by atoms with van der Waals surface area (Å²) in [7, 11) is 0. The zero-order valence-corrected chi connectivity index (χ0v) is 12.2. The number of fused-ring (bicyclic) bond motifs is 1. The molecule has 2 aliphatic rings. The van der Waals surface area contributed by atoms with E-state index in [9.17, 15) is 4.79 Å². The van der Waals surface area contributed by atoms with Crippen LogP contribution in [0.3, 0.4) is 0 Å². The van der Waals surface area contributed by atoms with Gasteiger partial charge in [0.05, 0.1) is 24.1 Å². The molecule has 4 heterocycles. The van der Waals surface area contributed by atoms with Gasteiger partial charge < -0.3 is 14.2 Å². The van der Waals surface area contributed by atoms with Gasteiger partial charge in [-0.2, -0.15) is 4.98 Å². The Morgan fingerprint density at radius 3 is 3.10 bits per heavy atom. The van der Waals surface area contributed by atoms with Crippen molar-refractivity contribution in [1.29, 1.82) is 0 Å². The van der Waals surface area contributed by atoms with E-state index in [1.165, 1.54) is 11.3 Å². The van der Waals surface area contributed by atoms with E-state index in [2.05, 4.69) is 15.1 Å². The zero-order valence-electron chi connectivity index (χ0n) is 11.4. The third kappa shape index (κ3) is 2.14. The second-order valence-corrected chi connectivity index (χ2v) is 6.12. The minimum atomic E-state index is -0.0327. The molecule has 0 spiro atoms. The maximum Gasteiger partial charge on any atom is 0.273 e. The number of carbonyl (C=O) groups excluding carboxylic acids is 1. The molecular weight excluding hydrogens is 292 g/mol. The van der Waals surface area contributed by atoms with Gasteiger partial charge >= 0.3 is 0 Å². The quantitative estimate of drug-likeness (QED) is 0.826. The predicted octanol–water partition coefficient (Wildman–Crippen LogP) is 1.09. The Morgan fingerprint density at radius 1 is 1.48 bits per heavy atom. The van der Waals surface area contributed by atoms with E-state index >= 15 is 0 Å². The molecule has 0 saturated carbocycles. The lowest BCUT2D eigenvalue weighted by atomic mass is 9.93. The fourth-order valence-corrected chi connectivity index (χ4v) is 3.60. The molecule has 2 aromatic rings. The van der Waals surface area contributed by atoms with Gasteiger partial charge in [0.1, 0.15) is 5.69 Å². The van der Waals surface area contributed by atoms with Crippen molar-refractivity contribution in [2.45, 2.75) is 18.9 Å². The summed E-state index contributed by atoms with van der Waals surface area (Å²) >= 11 is 1.43. The van der Waals surface area contributed by atoms with Gasteiger partial charge in [-0.3, -0.25) is 4.79 Å². The summed E-state index contributed by atoms with van der Waals surface area (Å²) in [5, 5.41) is 5.61. The first-order chi connectivity index (χ1) is 10.2. The maximum atomic E-state index is 12.3. The Bertz CT molecular complexity index is 656. The van der Waals surface area contributed by atoms with Gasteiger partial charge in [-0.1, -0.05) is 5.16 Å². The SMILES string of the molecule is Cc1noc([C@H]2CO[C@@H]3CN(C(=O)c4cscn4)C[C@H]23)n1. The number of aromatic nitrogens is 3. The summed E-state index contributed by atoms with van der Waals surface area (Å²) in [6, 6.07) is 0. The van der Waals surface area contributed by atoms with E-state index in [4.69, 9.17) is 9.26 Å². The van der Waals surface area contributed by atoms with Crippen LogP contribution in [0.25, 0.3) is 0 Å². The standard InChI is InChI=1S/C13H14N4O3S/c1-7-15-12(20-16-7)9-4-19-11-3-17(2-8(9)11)13(18)10-5-21-6-14-10/h5-6,8-9,11H,2-4H2,1H3/t8-,9+,11-/m1/s1. The van der Waals surface area contributed by atoms with E-state index in [1.54, 1.807) is 22.7 Å². The maximum absolute atomic E-state index is 12.3. The van der Waals surface area contributed by atoms with Crippen LogP contribution in [0.4, 0.5) is 0 Å². The molecule has 7 nitrogen and oxygen atoms in total. The fourth-order valence-electron chi connectivity index (χ4n) is 3.08. The van der Waals surface area contributed by atoms with E-state index in [0.717, 1.165) is 0 Å². The summed E-state index contributed by atoms with van der Waals surface area (Å²) in [6.45, 7) is 3.63. The van der Waals surface area contributed by atoms with Crippen molar-refractivity contribution in [2.24, 2.45) is 5.92 Å². The molecule has 3 atom stereocenters. The lowest BCUT2D eigenvalue weighted by Gasteiger charge is -2.17. The first-order valence-electron chi connectivity index (χ1n) is 6.81. The number of thiazole rings is 1. The molecule has 0 aliphatic carbocycles. The number of amides is 1. The number of rotatable bonds is 2. The van der Waals surface area contributed by atoms with Crippen LogP contribution in [0.1, 0.15) is 28.1 Å². The third-order valence-electron chi connectivity index (χ3n) is 4.11. The second-order valence-electron chi connectivity index (χ2n) is 5.41. The number of carbonyl (C=O) groups is 1. The molecule has 2 saturated heterocycles. The second kappa shape index (κ2) is 4.88. The van der Waals surface area contributed by atoms with E-state index in [0.29, 0.717) is 37.1 Å². The van der Waals surface area contributed by atoms with Crippen LogP contribution < -0.4 is 0 Å². The zero-order chi connectivity index (χ0) is 14.4. The minimum absolute atomic E-state index is 0.0327. The Kier molecular flexibility index (Phi) is 3.00. The van der Waals surface area contributed by atoms with Gasteiger partial charge in [-0.05, 0) is 6.92 Å². The normalized spacial score (nSPS) is 28.0. The highest BCUT2D eigenvalue weighted by Gasteiger charge is 2.48. The van der Waals surface area contributed by atoms with Crippen molar-refractivity contribution in [2.75, 3.05) is 19.7 Å². The van der Waals surface area contributed by atoms with Crippen molar-refractivity contribution in [3.8, 4) is 0 Å². The Morgan fingerprint density at radius 2 is 2.38 bits per heavy atom. The van der Waals surface area contributed by atoms with Gasteiger partial charge in [0.25, 0.3) is 5.91 Å². The molecular formula is C13H14N4O3S. The average Bonchev–Trinajstić information content (AvgIpc) is 3.21. The van der Waals surface area contributed by atoms with Crippen LogP contribution in [0, 0.1) is 12.8 Å². The highest BCUT2D eigenvalue weighted by atomic mass is 32.1. The average molecular weight is 306 g/mol. The molecule has 1 amide bonds. The third-order valence-corrected chi connectivity index (χ3v) is 4.70. The summed E-state index contributed by atoms with van der Waals surface area (Å²) in [5.74, 6) is 1.50. The van der Waals surface area contributed by atoms with Crippen molar-refractivity contribution < 1.29 is 14.1 Å². The number of hydrogen-bond donors (Lipinski definition) is 0. The monoisotopic (exact) mass is 306 g/mol. The van der Waals surface area contributed by atoms with Crippen molar-refractivity contribution >= 4 is 17.2 Å². The Hall–Kier alpha value is -1.80. The van der Waals surface area contributed by atoms with Gasteiger partial charge in [0.2, 0.25) is 5.89 Å². The molecule has 21 heavy (non-hydrogen) atoms. The van der Waals surface area contributed by atoms with Crippen molar-refractivity contribution in [3.05, 3.63) is 28.3 Å². The highest BCUT2D eigenvalue weighted by Crippen LogP contribution is 2.39. The van der Waals surface area contributed by atoms with E-state index in [-0.39, 0.29) is 23.8 Å². The topological polar surface area (TPSA) is 81.4 Å². The molecule has 110 valence electrons. The van der Waals surface area contributed by atoms with Crippen LogP contribution in [-0.4, -0.2) is 51.7 Å². The summed E-state index contributed by atoms with van der Waals surface area (Å²) in [5.41, 5.74) is 2.18. The Balaban J connectivity index is 1.52. The van der Waals surface area contributed by atoms with Crippen LogP contribution in [-0.2, 0) is 4.74 Å². The van der Waals surface area contributed by atoms with E-state index < -0.39 is 0 Å². The summed E-state index contributed by atoms with van der Waals surface area (Å²) < 4.78 is 11.1. The summed E-state index contributed by atoms with van der Waals surface area (Å²) in [4.78, 5) is 22.5. The fraction of sp³-hybridized carbons (Fsp3) is 0.538. The minimum Gasteiger partial charge on any atom is -0.375 e. The lowest BCUT2D eigenvalue weighted by molar-refractivity contribution is 0.0681. The summed E-state index contributed by atoms with van der Waals surface area (Å²) in [6.07, 6.45) is 0.0461. The smallest absolute Gasteiger partial charge is 0.273 e. The van der Waals surface area contributed by atoms with Gasteiger partial charge in [0.15, 0.2) is 5.82 Å². The number of ether oxygens (including phenoxy) is 1. The molecule has 0 bridgehead atoms. The van der Waals surface area contributed by atoms with Crippen LogP contribution in [0.15, 0.2) is 15.4 Å².